The molecule has 0 fully saturated rings. The van der Waals surface area contributed by atoms with E-state index in [1.165, 1.54) is 16.6 Å². The molecular formula is C16H10ClFN4O. The quantitative estimate of drug-likeness (QED) is 0.526. The molecule has 0 spiro atoms. The number of ether oxygens (including phenoxy) is 1. The van der Waals surface area contributed by atoms with E-state index in [2.05, 4.69) is 15.1 Å². The second-order valence-electron chi connectivity index (χ2n) is 4.95. The number of halogens is 2. The third-order valence-corrected chi connectivity index (χ3v) is 3.77. The third kappa shape index (κ3) is 2.27. The van der Waals surface area contributed by atoms with Crippen molar-refractivity contribution in [1.29, 1.82) is 0 Å². The molecule has 0 N–H and O–H groups in total. The molecule has 2 aromatic heterocycles. The first-order valence-corrected chi connectivity index (χ1v) is 7.19. The fourth-order valence-corrected chi connectivity index (χ4v) is 2.64. The summed E-state index contributed by atoms with van der Waals surface area (Å²) in [5.41, 5.74) is 1.79. The van der Waals surface area contributed by atoms with E-state index in [1.807, 2.05) is 24.3 Å². The zero-order chi connectivity index (χ0) is 16.0. The van der Waals surface area contributed by atoms with Crippen molar-refractivity contribution in [2.24, 2.45) is 0 Å². The minimum Gasteiger partial charge on any atom is -0.497 e. The molecule has 0 bridgehead atoms. The summed E-state index contributed by atoms with van der Waals surface area (Å²) in [6.45, 7) is 0. The summed E-state index contributed by atoms with van der Waals surface area (Å²) < 4.78 is 20.2. The van der Waals surface area contributed by atoms with Crippen LogP contribution in [0.2, 0.25) is 5.28 Å². The molecule has 0 atom stereocenters. The Morgan fingerprint density at radius 2 is 2.00 bits per heavy atom. The smallest absolute Gasteiger partial charge is 0.226 e. The van der Waals surface area contributed by atoms with Crippen molar-refractivity contribution >= 4 is 28.2 Å². The summed E-state index contributed by atoms with van der Waals surface area (Å²) >= 11 is 6.17. The van der Waals surface area contributed by atoms with E-state index in [9.17, 15) is 4.39 Å². The van der Waals surface area contributed by atoms with Crippen molar-refractivity contribution in [3.63, 3.8) is 0 Å². The van der Waals surface area contributed by atoms with Gasteiger partial charge in [-0.2, -0.15) is 4.52 Å². The Balaban J connectivity index is 2.01. The van der Waals surface area contributed by atoms with Crippen LogP contribution in [0, 0.1) is 5.82 Å². The van der Waals surface area contributed by atoms with Crippen molar-refractivity contribution in [2.45, 2.75) is 0 Å². The van der Waals surface area contributed by atoms with Crippen LogP contribution in [-0.2, 0) is 0 Å². The van der Waals surface area contributed by atoms with Gasteiger partial charge in [0, 0.05) is 10.9 Å². The maximum Gasteiger partial charge on any atom is 0.226 e. The van der Waals surface area contributed by atoms with Crippen molar-refractivity contribution in [1.82, 2.24) is 19.6 Å². The van der Waals surface area contributed by atoms with E-state index in [0.29, 0.717) is 28.1 Å². The molecule has 0 unspecified atom stereocenters. The largest absolute Gasteiger partial charge is 0.497 e. The van der Waals surface area contributed by atoms with Gasteiger partial charge in [0.1, 0.15) is 11.6 Å². The lowest BCUT2D eigenvalue weighted by Gasteiger charge is -2.00. The molecule has 2 aromatic carbocycles. The van der Waals surface area contributed by atoms with Crippen LogP contribution in [0.15, 0.2) is 42.5 Å². The van der Waals surface area contributed by atoms with Gasteiger partial charge >= 0.3 is 0 Å². The van der Waals surface area contributed by atoms with Crippen LogP contribution in [0.4, 0.5) is 4.39 Å². The molecule has 0 saturated carbocycles. The van der Waals surface area contributed by atoms with Crippen LogP contribution < -0.4 is 4.74 Å². The number of nitrogens with zero attached hydrogens (tertiary/aromatic N) is 4. The molecule has 23 heavy (non-hydrogen) atoms. The minimum atomic E-state index is -0.366. The molecule has 114 valence electrons. The lowest BCUT2D eigenvalue weighted by molar-refractivity contribution is 0.415. The van der Waals surface area contributed by atoms with Crippen molar-refractivity contribution < 1.29 is 9.13 Å². The number of methoxy groups -OCH3 is 1. The zero-order valence-corrected chi connectivity index (χ0v) is 12.8. The van der Waals surface area contributed by atoms with Gasteiger partial charge in [-0.1, -0.05) is 12.1 Å². The molecule has 0 aliphatic carbocycles. The SMILES string of the molecule is COc1cccc(-c2nc3c4cc(F)ccc4nc(Cl)n3n2)c1. The van der Waals surface area contributed by atoms with Crippen LogP contribution >= 0.6 is 11.6 Å². The fraction of sp³-hybridized carbons (Fsp3) is 0.0625. The highest BCUT2D eigenvalue weighted by molar-refractivity contribution is 6.29. The molecule has 7 heteroatoms. The summed E-state index contributed by atoms with van der Waals surface area (Å²) in [5.74, 6) is 0.792. The molecule has 5 nitrogen and oxygen atoms in total. The van der Waals surface area contributed by atoms with Gasteiger partial charge in [0.05, 0.1) is 12.6 Å². The first-order valence-electron chi connectivity index (χ1n) is 6.81. The van der Waals surface area contributed by atoms with Gasteiger partial charge in [-0.05, 0) is 41.9 Å². The fourth-order valence-electron chi connectivity index (χ4n) is 2.43. The van der Waals surface area contributed by atoms with Crippen LogP contribution in [-0.4, -0.2) is 26.7 Å². The highest BCUT2D eigenvalue weighted by Crippen LogP contribution is 2.26. The average molecular weight is 329 g/mol. The Labute approximate surface area is 135 Å². The van der Waals surface area contributed by atoms with E-state index >= 15 is 0 Å². The molecule has 0 saturated heterocycles. The Morgan fingerprint density at radius 1 is 1.13 bits per heavy atom. The molecule has 4 aromatic rings. The van der Waals surface area contributed by atoms with Gasteiger partial charge in [-0.15, -0.1) is 5.10 Å². The summed E-state index contributed by atoms with van der Waals surface area (Å²) in [6.07, 6.45) is 0. The van der Waals surface area contributed by atoms with Crippen LogP contribution in [0.5, 0.6) is 5.75 Å². The van der Waals surface area contributed by atoms with Gasteiger partial charge in [0.15, 0.2) is 11.5 Å². The van der Waals surface area contributed by atoms with Gasteiger partial charge in [-0.25, -0.2) is 14.4 Å². The van der Waals surface area contributed by atoms with Crippen LogP contribution in [0.25, 0.3) is 27.9 Å². The van der Waals surface area contributed by atoms with Crippen LogP contribution in [0.3, 0.4) is 0 Å². The van der Waals surface area contributed by atoms with E-state index in [4.69, 9.17) is 16.3 Å². The van der Waals surface area contributed by atoms with Gasteiger partial charge in [-0.3, -0.25) is 0 Å². The van der Waals surface area contributed by atoms with Crippen LogP contribution in [0.1, 0.15) is 0 Å². The number of hydrogen-bond donors (Lipinski definition) is 0. The maximum absolute atomic E-state index is 13.6. The Bertz CT molecular complexity index is 1050. The number of aromatic nitrogens is 4. The summed E-state index contributed by atoms with van der Waals surface area (Å²) in [7, 11) is 1.59. The number of rotatable bonds is 2. The van der Waals surface area contributed by atoms with Crippen molar-refractivity contribution in [3.05, 3.63) is 53.6 Å². The second-order valence-corrected chi connectivity index (χ2v) is 5.28. The number of benzene rings is 2. The average Bonchev–Trinajstić information content (AvgIpc) is 3.02. The maximum atomic E-state index is 13.6. The zero-order valence-electron chi connectivity index (χ0n) is 12.0. The topological polar surface area (TPSA) is 52.3 Å². The van der Waals surface area contributed by atoms with E-state index in [0.717, 1.165) is 5.56 Å². The molecule has 4 rings (SSSR count). The standard InChI is InChI=1S/C16H10ClFN4O/c1-23-11-4-2-3-9(7-11)14-20-15-12-8-10(18)5-6-13(12)19-16(17)22(15)21-14/h2-8H,1H3. The Morgan fingerprint density at radius 3 is 2.83 bits per heavy atom. The second kappa shape index (κ2) is 5.17. The molecule has 0 aliphatic heterocycles. The molecule has 2 heterocycles. The highest BCUT2D eigenvalue weighted by Gasteiger charge is 2.14. The lowest BCUT2D eigenvalue weighted by atomic mass is 10.2. The molecule has 0 radical (unpaired) electrons. The van der Waals surface area contributed by atoms with E-state index in [1.54, 1.807) is 13.2 Å². The molecular weight excluding hydrogens is 319 g/mol. The summed E-state index contributed by atoms with van der Waals surface area (Å²) in [5, 5.41) is 5.09. The normalized spacial score (nSPS) is 11.3. The summed E-state index contributed by atoms with van der Waals surface area (Å²) in [4.78, 5) is 8.71. The first kappa shape index (κ1) is 13.9. The van der Waals surface area contributed by atoms with Crippen molar-refractivity contribution in [3.8, 4) is 17.1 Å². The van der Waals surface area contributed by atoms with Gasteiger partial charge in [0.2, 0.25) is 5.28 Å². The molecule has 0 aliphatic rings. The third-order valence-electron chi connectivity index (χ3n) is 3.52. The van der Waals surface area contributed by atoms with E-state index < -0.39 is 0 Å². The predicted octanol–water partition coefficient (Wildman–Crippen LogP) is 3.75. The monoisotopic (exact) mass is 328 g/mol. The molecule has 0 amide bonds. The Hall–Kier alpha value is -2.73. The number of hydrogen-bond acceptors (Lipinski definition) is 4. The highest BCUT2D eigenvalue weighted by atomic mass is 35.5. The Kier molecular flexibility index (Phi) is 3.12. The minimum absolute atomic E-state index is 0.167. The van der Waals surface area contributed by atoms with E-state index in [-0.39, 0.29) is 11.1 Å². The van der Waals surface area contributed by atoms with Gasteiger partial charge < -0.3 is 4.74 Å². The van der Waals surface area contributed by atoms with Crippen molar-refractivity contribution in [2.75, 3.05) is 7.11 Å². The summed E-state index contributed by atoms with van der Waals surface area (Å²) in [6, 6.07) is 11.6. The lowest BCUT2D eigenvalue weighted by Crippen LogP contribution is -1.95. The first-order chi connectivity index (χ1) is 11.2. The number of fused-ring (bicyclic) bond motifs is 3. The predicted molar refractivity (Wildman–Crippen MR) is 85.2 cm³/mol. The van der Waals surface area contributed by atoms with Gasteiger partial charge in [0.25, 0.3) is 0 Å².